The summed E-state index contributed by atoms with van der Waals surface area (Å²) in [5.74, 6) is 0.234. The Morgan fingerprint density at radius 3 is 2.82 bits per heavy atom. The number of nitrogens with one attached hydrogen (secondary N) is 1. The normalized spacial score (nSPS) is 19.1. The molecule has 2 atom stereocenters. The maximum atomic E-state index is 12.9. The second-order valence-corrected chi connectivity index (χ2v) is 5.55. The highest BCUT2D eigenvalue weighted by molar-refractivity contribution is 9.10. The molecule has 0 bridgehead atoms. The van der Waals surface area contributed by atoms with E-state index in [0.29, 0.717) is 12.5 Å². The van der Waals surface area contributed by atoms with Gasteiger partial charge in [0.05, 0.1) is 6.10 Å². The van der Waals surface area contributed by atoms with Crippen molar-refractivity contribution in [1.82, 2.24) is 5.32 Å². The van der Waals surface area contributed by atoms with Crippen LogP contribution in [0.4, 0.5) is 4.39 Å². The van der Waals surface area contributed by atoms with Gasteiger partial charge in [0.1, 0.15) is 5.82 Å². The van der Waals surface area contributed by atoms with Crippen molar-refractivity contribution in [3.05, 3.63) is 34.1 Å². The first-order valence-electron chi connectivity index (χ1n) is 5.94. The fourth-order valence-corrected chi connectivity index (χ4v) is 2.60. The van der Waals surface area contributed by atoms with Crippen LogP contribution in [0.15, 0.2) is 22.7 Å². The van der Waals surface area contributed by atoms with Gasteiger partial charge in [-0.3, -0.25) is 0 Å². The minimum atomic E-state index is -0.253. The molecule has 1 aromatic carbocycles. The highest BCUT2D eigenvalue weighted by atomic mass is 79.9. The van der Waals surface area contributed by atoms with Crippen molar-refractivity contribution in [2.24, 2.45) is 5.92 Å². The van der Waals surface area contributed by atoms with E-state index >= 15 is 0 Å². The molecule has 2 nitrogen and oxygen atoms in total. The molecule has 2 unspecified atom stereocenters. The highest BCUT2D eigenvalue weighted by Gasteiger charge is 2.29. The number of hydrogen-bond acceptors (Lipinski definition) is 2. The number of rotatable bonds is 5. The van der Waals surface area contributed by atoms with Crippen LogP contribution in [-0.2, 0) is 0 Å². The molecule has 1 aliphatic carbocycles. The van der Waals surface area contributed by atoms with Crippen LogP contribution in [0.1, 0.15) is 31.4 Å². The van der Waals surface area contributed by atoms with Crippen LogP contribution in [0, 0.1) is 11.7 Å². The average Bonchev–Trinajstić information content (AvgIpc) is 3.09. The lowest BCUT2D eigenvalue weighted by atomic mass is 10.1. The van der Waals surface area contributed by atoms with Crippen LogP contribution in [-0.4, -0.2) is 17.8 Å². The van der Waals surface area contributed by atoms with E-state index in [-0.39, 0.29) is 18.0 Å². The quantitative estimate of drug-likeness (QED) is 0.876. The van der Waals surface area contributed by atoms with Gasteiger partial charge in [0, 0.05) is 17.1 Å². The molecule has 94 valence electrons. The van der Waals surface area contributed by atoms with Crippen LogP contribution in [0.2, 0.25) is 0 Å². The van der Waals surface area contributed by atoms with Gasteiger partial charge in [0.2, 0.25) is 0 Å². The molecule has 0 heterocycles. The standard InChI is InChI=1S/C13H17BrFNO/c1-8(16-7-13(17)9-2-3-9)11-5-4-10(15)6-12(11)14/h4-6,8-9,13,16-17H,2-3,7H2,1H3. The second kappa shape index (κ2) is 5.46. The summed E-state index contributed by atoms with van der Waals surface area (Å²) in [7, 11) is 0. The smallest absolute Gasteiger partial charge is 0.124 e. The Morgan fingerprint density at radius 2 is 2.24 bits per heavy atom. The summed E-state index contributed by atoms with van der Waals surface area (Å²) in [5.41, 5.74) is 1.01. The molecule has 1 saturated carbocycles. The van der Waals surface area contributed by atoms with E-state index in [0.717, 1.165) is 22.9 Å². The number of halogens is 2. The predicted molar refractivity (Wildman–Crippen MR) is 69.2 cm³/mol. The van der Waals surface area contributed by atoms with Crippen molar-refractivity contribution in [2.45, 2.75) is 31.9 Å². The summed E-state index contributed by atoms with van der Waals surface area (Å²) < 4.78 is 13.7. The monoisotopic (exact) mass is 301 g/mol. The zero-order valence-corrected chi connectivity index (χ0v) is 11.4. The molecule has 1 aliphatic rings. The summed E-state index contributed by atoms with van der Waals surface area (Å²) >= 11 is 3.35. The van der Waals surface area contributed by atoms with Crippen LogP contribution in [0.3, 0.4) is 0 Å². The fourth-order valence-electron chi connectivity index (χ4n) is 1.91. The van der Waals surface area contributed by atoms with E-state index in [4.69, 9.17) is 0 Å². The average molecular weight is 302 g/mol. The first-order valence-corrected chi connectivity index (χ1v) is 6.73. The molecular formula is C13H17BrFNO. The number of aliphatic hydroxyl groups is 1. The van der Waals surface area contributed by atoms with Crippen LogP contribution in [0.5, 0.6) is 0 Å². The van der Waals surface area contributed by atoms with Gasteiger partial charge in [-0.2, -0.15) is 0 Å². The molecule has 0 amide bonds. The number of benzene rings is 1. The fraction of sp³-hybridized carbons (Fsp3) is 0.538. The largest absolute Gasteiger partial charge is 0.392 e. The third-order valence-electron chi connectivity index (χ3n) is 3.23. The Kier molecular flexibility index (Phi) is 4.17. The van der Waals surface area contributed by atoms with E-state index in [1.807, 2.05) is 6.92 Å². The van der Waals surface area contributed by atoms with Crippen LogP contribution >= 0.6 is 15.9 Å². The predicted octanol–water partition coefficient (Wildman–Crippen LogP) is 3.01. The Labute approximate surface area is 109 Å². The number of aliphatic hydroxyl groups excluding tert-OH is 1. The van der Waals surface area contributed by atoms with Crippen molar-refractivity contribution in [3.8, 4) is 0 Å². The van der Waals surface area contributed by atoms with E-state index in [9.17, 15) is 9.50 Å². The lowest BCUT2D eigenvalue weighted by Crippen LogP contribution is -2.30. The molecule has 17 heavy (non-hydrogen) atoms. The maximum Gasteiger partial charge on any atom is 0.124 e. The van der Waals surface area contributed by atoms with Gasteiger partial charge in [-0.25, -0.2) is 4.39 Å². The van der Waals surface area contributed by atoms with E-state index in [1.54, 1.807) is 6.07 Å². The van der Waals surface area contributed by atoms with Crippen LogP contribution in [0.25, 0.3) is 0 Å². The van der Waals surface area contributed by atoms with Crippen molar-refractivity contribution in [2.75, 3.05) is 6.54 Å². The minimum Gasteiger partial charge on any atom is -0.392 e. The lowest BCUT2D eigenvalue weighted by Gasteiger charge is -2.18. The van der Waals surface area contributed by atoms with Crippen molar-refractivity contribution >= 4 is 15.9 Å². The number of hydrogen-bond donors (Lipinski definition) is 2. The molecule has 2 rings (SSSR count). The third-order valence-corrected chi connectivity index (χ3v) is 3.92. The van der Waals surface area contributed by atoms with E-state index in [1.165, 1.54) is 12.1 Å². The van der Waals surface area contributed by atoms with E-state index < -0.39 is 0 Å². The molecule has 0 saturated heterocycles. The zero-order valence-electron chi connectivity index (χ0n) is 9.79. The van der Waals surface area contributed by atoms with Gasteiger partial charge >= 0.3 is 0 Å². The molecule has 1 fully saturated rings. The minimum absolute atomic E-state index is 0.0957. The molecule has 0 aliphatic heterocycles. The van der Waals surface area contributed by atoms with Crippen molar-refractivity contribution < 1.29 is 9.50 Å². The molecule has 4 heteroatoms. The Balaban J connectivity index is 1.91. The maximum absolute atomic E-state index is 12.9. The molecule has 1 aromatic rings. The molecule has 0 aromatic heterocycles. The Hall–Kier alpha value is -0.450. The Morgan fingerprint density at radius 1 is 1.53 bits per heavy atom. The summed E-state index contributed by atoms with van der Waals surface area (Å²) in [6.45, 7) is 2.60. The highest BCUT2D eigenvalue weighted by Crippen LogP contribution is 2.32. The first-order chi connectivity index (χ1) is 8.08. The van der Waals surface area contributed by atoms with Gasteiger partial charge in [-0.15, -0.1) is 0 Å². The van der Waals surface area contributed by atoms with Gasteiger partial charge in [0.15, 0.2) is 0 Å². The molecular weight excluding hydrogens is 285 g/mol. The topological polar surface area (TPSA) is 32.3 Å². The molecule has 0 spiro atoms. The van der Waals surface area contributed by atoms with Crippen molar-refractivity contribution in [1.29, 1.82) is 0 Å². The van der Waals surface area contributed by atoms with Gasteiger partial charge in [-0.05, 0) is 43.4 Å². The zero-order chi connectivity index (χ0) is 12.4. The first kappa shape index (κ1) is 13.0. The molecule has 0 radical (unpaired) electrons. The molecule has 2 N–H and O–H groups in total. The summed E-state index contributed by atoms with van der Waals surface area (Å²) in [6.07, 6.45) is 2.02. The van der Waals surface area contributed by atoms with Crippen molar-refractivity contribution in [3.63, 3.8) is 0 Å². The third kappa shape index (κ3) is 3.50. The van der Waals surface area contributed by atoms with Gasteiger partial charge < -0.3 is 10.4 Å². The SMILES string of the molecule is CC(NCC(O)C1CC1)c1ccc(F)cc1Br. The summed E-state index contributed by atoms with van der Waals surface area (Å²) in [6, 6.07) is 4.78. The lowest BCUT2D eigenvalue weighted by molar-refractivity contribution is 0.145. The van der Waals surface area contributed by atoms with E-state index in [2.05, 4.69) is 21.2 Å². The van der Waals surface area contributed by atoms with Crippen LogP contribution < -0.4 is 5.32 Å². The second-order valence-electron chi connectivity index (χ2n) is 4.70. The Bertz CT molecular complexity index is 395. The van der Waals surface area contributed by atoms with Gasteiger partial charge in [-0.1, -0.05) is 22.0 Å². The summed E-state index contributed by atoms with van der Waals surface area (Å²) in [5, 5.41) is 13.0. The summed E-state index contributed by atoms with van der Waals surface area (Å²) in [4.78, 5) is 0. The van der Waals surface area contributed by atoms with Gasteiger partial charge in [0.25, 0.3) is 0 Å².